The quantitative estimate of drug-likeness (QED) is 0.867. The Balaban J connectivity index is 2.60. The van der Waals surface area contributed by atoms with Crippen molar-refractivity contribution in [2.75, 3.05) is 20.8 Å². The van der Waals surface area contributed by atoms with Crippen molar-refractivity contribution in [3.05, 3.63) is 20.8 Å². The molecule has 0 fully saturated rings. The van der Waals surface area contributed by atoms with Gasteiger partial charge in [0.25, 0.3) is 0 Å². The van der Waals surface area contributed by atoms with E-state index in [-0.39, 0.29) is 0 Å². The van der Waals surface area contributed by atoms with Gasteiger partial charge in [0.05, 0.1) is 0 Å². The Kier molecular flexibility index (Phi) is 5.82. The van der Waals surface area contributed by atoms with E-state index < -0.39 is 0 Å². The molecule has 1 rings (SSSR count). The predicted molar refractivity (Wildman–Crippen MR) is 69.5 cm³/mol. The van der Waals surface area contributed by atoms with E-state index in [9.17, 15) is 0 Å². The van der Waals surface area contributed by atoms with Crippen molar-refractivity contribution in [1.82, 2.24) is 5.32 Å². The van der Waals surface area contributed by atoms with Gasteiger partial charge in [-0.25, -0.2) is 0 Å². The first-order valence-corrected chi connectivity index (χ1v) is 6.75. The van der Waals surface area contributed by atoms with Crippen LogP contribution in [0, 0.1) is 5.92 Å². The lowest BCUT2D eigenvalue weighted by atomic mass is 10.0. The fraction of sp³-hybridized carbons (Fsp3) is 0.636. The van der Waals surface area contributed by atoms with Crippen LogP contribution in [0.1, 0.15) is 24.3 Å². The first-order chi connectivity index (χ1) is 7.19. The van der Waals surface area contributed by atoms with Gasteiger partial charge >= 0.3 is 0 Å². The van der Waals surface area contributed by atoms with Crippen LogP contribution in [0.3, 0.4) is 0 Å². The lowest BCUT2D eigenvalue weighted by molar-refractivity contribution is 0.150. The van der Waals surface area contributed by atoms with Crippen LogP contribution < -0.4 is 5.32 Å². The fourth-order valence-corrected chi connectivity index (χ4v) is 3.44. The van der Waals surface area contributed by atoms with Crippen molar-refractivity contribution in [2.45, 2.75) is 19.4 Å². The maximum atomic E-state index is 5.16. The van der Waals surface area contributed by atoms with Gasteiger partial charge in [0.2, 0.25) is 0 Å². The molecule has 1 heterocycles. The standard InChI is InChI=1S/C11H18BrNOS/c1-8(7-14-3)6-10(13-2)11-9(12)4-5-15-11/h4-5,8,10,13H,6-7H2,1-3H3. The second kappa shape index (κ2) is 6.63. The third kappa shape index (κ3) is 3.87. The molecular formula is C11H18BrNOS. The second-order valence-corrected chi connectivity index (χ2v) is 5.57. The Morgan fingerprint density at radius 2 is 2.33 bits per heavy atom. The smallest absolute Gasteiger partial charge is 0.0488 e. The molecule has 0 bridgehead atoms. The van der Waals surface area contributed by atoms with Crippen LogP contribution in [0.4, 0.5) is 0 Å². The SMILES string of the molecule is CNC(CC(C)COC)c1sccc1Br. The summed E-state index contributed by atoms with van der Waals surface area (Å²) in [6.07, 6.45) is 1.10. The monoisotopic (exact) mass is 291 g/mol. The third-order valence-electron chi connectivity index (χ3n) is 2.40. The molecule has 1 aromatic rings. The molecule has 2 nitrogen and oxygen atoms in total. The molecule has 0 saturated carbocycles. The average molecular weight is 292 g/mol. The van der Waals surface area contributed by atoms with E-state index in [4.69, 9.17) is 4.74 Å². The number of hydrogen-bond donors (Lipinski definition) is 1. The van der Waals surface area contributed by atoms with E-state index >= 15 is 0 Å². The number of hydrogen-bond acceptors (Lipinski definition) is 3. The van der Waals surface area contributed by atoms with Crippen LogP contribution in [0.25, 0.3) is 0 Å². The molecule has 0 amide bonds. The summed E-state index contributed by atoms with van der Waals surface area (Å²) in [5.41, 5.74) is 0. The average Bonchev–Trinajstić information content (AvgIpc) is 2.61. The van der Waals surface area contributed by atoms with Crippen molar-refractivity contribution in [3.63, 3.8) is 0 Å². The Morgan fingerprint density at radius 3 is 2.80 bits per heavy atom. The highest BCUT2D eigenvalue weighted by molar-refractivity contribution is 9.10. The van der Waals surface area contributed by atoms with Gasteiger partial charge in [-0.15, -0.1) is 11.3 Å². The van der Waals surface area contributed by atoms with Crippen molar-refractivity contribution in [2.24, 2.45) is 5.92 Å². The summed E-state index contributed by atoms with van der Waals surface area (Å²) in [6.45, 7) is 3.04. The molecule has 1 N–H and O–H groups in total. The lowest BCUT2D eigenvalue weighted by Gasteiger charge is -2.19. The maximum absolute atomic E-state index is 5.16. The minimum absolute atomic E-state index is 0.421. The molecule has 0 saturated heterocycles. The summed E-state index contributed by atoms with van der Waals surface area (Å²) in [4.78, 5) is 1.38. The summed E-state index contributed by atoms with van der Waals surface area (Å²) < 4.78 is 6.37. The largest absolute Gasteiger partial charge is 0.384 e. The van der Waals surface area contributed by atoms with E-state index in [0.29, 0.717) is 12.0 Å². The zero-order valence-corrected chi connectivity index (χ0v) is 11.8. The topological polar surface area (TPSA) is 21.3 Å². The molecule has 0 aromatic carbocycles. The van der Waals surface area contributed by atoms with Crippen molar-refractivity contribution >= 4 is 27.3 Å². The number of methoxy groups -OCH3 is 1. The van der Waals surface area contributed by atoms with Crippen molar-refractivity contribution in [1.29, 1.82) is 0 Å². The van der Waals surface area contributed by atoms with Crippen LogP contribution in [0.2, 0.25) is 0 Å². The van der Waals surface area contributed by atoms with Crippen LogP contribution in [0.5, 0.6) is 0 Å². The third-order valence-corrected chi connectivity index (χ3v) is 4.38. The fourth-order valence-electron chi connectivity index (χ4n) is 1.66. The van der Waals surface area contributed by atoms with Crippen LogP contribution in [0.15, 0.2) is 15.9 Å². The zero-order chi connectivity index (χ0) is 11.3. The van der Waals surface area contributed by atoms with Crippen molar-refractivity contribution < 1.29 is 4.74 Å². The normalized spacial score (nSPS) is 15.2. The predicted octanol–water partition coefficient (Wildman–Crippen LogP) is 3.44. The van der Waals surface area contributed by atoms with E-state index in [0.717, 1.165) is 13.0 Å². The highest BCUT2D eigenvalue weighted by Gasteiger charge is 2.16. The molecule has 86 valence electrons. The van der Waals surface area contributed by atoms with E-state index in [1.54, 1.807) is 18.4 Å². The van der Waals surface area contributed by atoms with Crippen LogP contribution in [-0.4, -0.2) is 20.8 Å². The summed E-state index contributed by atoms with van der Waals surface area (Å²) >= 11 is 5.37. The van der Waals surface area contributed by atoms with Gasteiger partial charge in [0, 0.05) is 29.1 Å². The molecule has 15 heavy (non-hydrogen) atoms. The Labute approximate surface area is 104 Å². The number of thiophene rings is 1. The number of nitrogens with one attached hydrogen (secondary N) is 1. The molecule has 4 heteroatoms. The lowest BCUT2D eigenvalue weighted by Crippen LogP contribution is -2.20. The van der Waals surface area contributed by atoms with Gasteiger partial charge in [0.1, 0.15) is 0 Å². The first kappa shape index (κ1) is 13.2. The van der Waals surface area contributed by atoms with Gasteiger partial charge in [-0.1, -0.05) is 6.92 Å². The maximum Gasteiger partial charge on any atom is 0.0488 e. The van der Waals surface area contributed by atoms with E-state index in [1.165, 1.54) is 9.35 Å². The Bertz CT molecular complexity index is 290. The van der Waals surface area contributed by atoms with Gasteiger partial charge in [0.15, 0.2) is 0 Å². The minimum atomic E-state index is 0.421. The molecule has 0 aliphatic rings. The van der Waals surface area contributed by atoms with Gasteiger partial charge in [-0.2, -0.15) is 0 Å². The highest BCUT2D eigenvalue weighted by atomic mass is 79.9. The summed E-state index contributed by atoms with van der Waals surface area (Å²) in [6, 6.07) is 2.52. The van der Waals surface area contributed by atoms with E-state index in [2.05, 4.69) is 39.6 Å². The molecule has 0 aliphatic heterocycles. The Morgan fingerprint density at radius 1 is 1.60 bits per heavy atom. The Hall–Kier alpha value is 0.100. The number of halogens is 1. The first-order valence-electron chi connectivity index (χ1n) is 5.08. The second-order valence-electron chi connectivity index (χ2n) is 3.77. The molecule has 2 atom stereocenters. The van der Waals surface area contributed by atoms with Gasteiger partial charge < -0.3 is 10.1 Å². The molecule has 0 aliphatic carbocycles. The van der Waals surface area contributed by atoms with Crippen molar-refractivity contribution in [3.8, 4) is 0 Å². The highest BCUT2D eigenvalue weighted by Crippen LogP contribution is 2.32. The molecule has 1 aromatic heterocycles. The van der Waals surface area contributed by atoms with E-state index in [1.807, 2.05) is 7.05 Å². The van der Waals surface area contributed by atoms with Gasteiger partial charge in [-0.05, 0) is 46.8 Å². The molecule has 0 spiro atoms. The molecular weight excluding hydrogens is 274 g/mol. The van der Waals surface area contributed by atoms with Crippen LogP contribution in [-0.2, 0) is 4.74 Å². The minimum Gasteiger partial charge on any atom is -0.384 e. The molecule has 2 unspecified atom stereocenters. The van der Waals surface area contributed by atoms with Crippen LogP contribution >= 0.6 is 27.3 Å². The summed E-state index contributed by atoms with van der Waals surface area (Å²) in [5, 5.41) is 5.48. The zero-order valence-electron chi connectivity index (χ0n) is 9.42. The summed E-state index contributed by atoms with van der Waals surface area (Å²) in [7, 11) is 3.77. The molecule has 0 radical (unpaired) electrons. The number of rotatable bonds is 6. The van der Waals surface area contributed by atoms with Gasteiger partial charge in [-0.3, -0.25) is 0 Å². The summed E-state index contributed by atoms with van der Waals surface area (Å²) in [5.74, 6) is 0.571. The number of ether oxygens (including phenoxy) is 1.